The van der Waals surface area contributed by atoms with E-state index in [4.69, 9.17) is 4.74 Å². The lowest BCUT2D eigenvalue weighted by atomic mass is 10.1. The highest BCUT2D eigenvalue weighted by molar-refractivity contribution is 5.33. The molecule has 1 aliphatic heterocycles. The average molecular weight is 248 g/mol. The number of piperazine rings is 1. The highest BCUT2D eigenvalue weighted by Crippen LogP contribution is 2.19. The fourth-order valence-corrected chi connectivity index (χ4v) is 2.56. The Balaban J connectivity index is 1.87. The maximum Gasteiger partial charge on any atom is 0.123 e. The molecule has 0 radical (unpaired) electrons. The van der Waals surface area contributed by atoms with Crippen LogP contribution in [0.15, 0.2) is 24.3 Å². The Kier molecular flexibility index (Phi) is 5.02. The lowest BCUT2D eigenvalue weighted by molar-refractivity contribution is 0.126. The topological polar surface area (TPSA) is 15.7 Å². The summed E-state index contributed by atoms with van der Waals surface area (Å²) in [5.74, 6) is 1.01. The maximum absolute atomic E-state index is 5.41. The van der Waals surface area contributed by atoms with E-state index in [9.17, 15) is 0 Å². The molecule has 0 saturated carbocycles. The van der Waals surface area contributed by atoms with Crippen LogP contribution in [-0.4, -0.2) is 49.6 Å². The largest absolute Gasteiger partial charge is 0.496 e. The molecule has 1 aromatic rings. The van der Waals surface area contributed by atoms with Crippen molar-refractivity contribution in [2.75, 3.05) is 39.8 Å². The molecule has 1 aromatic carbocycles. The van der Waals surface area contributed by atoms with Crippen molar-refractivity contribution in [1.82, 2.24) is 9.80 Å². The lowest BCUT2D eigenvalue weighted by Crippen LogP contribution is -2.46. The zero-order chi connectivity index (χ0) is 12.8. The third kappa shape index (κ3) is 3.47. The van der Waals surface area contributed by atoms with Gasteiger partial charge in [0, 0.05) is 38.3 Å². The monoisotopic (exact) mass is 248 g/mol. The molecule has 0 aliphatic carbocycles. The summed E-state index contributed by atoms with van der Waals surface area (Å²) in [5, 5.41) is 0. The van der Waals surface area contributed by atoms with Gasteiger partial charge in [0.1, 0.15) is 5.75 Å². The average Bonchev–Trinajstić information content (AvgIpc) is 2.42. The van der Waals surface area contributed by atoms with Gasteiger partial charge in [0.25, 0.3) is 0 Å². The zero-order valence-corrected chi connectivity index (χ0v) is 11.6. The zero-order valence-electron chi connectivity index (χ0n) is 11.6. The van der Waals surface area contributed by atoms with Crippen molar-refractivity contribution in [3.05, 3.63) is 29.8 Å². The van der Waals surface area contributed by atoms with E-state index in [0.29, 0.717) is 0 Å². The summed E-state index contributed by atoms with van der Waals surface area (Å²) in [5.41, 5.74) is 1.30. The molecule has 1 saturated heterocycles. The number of ether oxygens (including phenoxy) is 1. The van der Waals surface area contributed by atoms with Crippen molar-refractivity contribution in [3.8, 4) is 5.75 Å². The van der Waals surface area contributed by atoms with E-state index in [1.165, 1.54) is 31.6 Å². The van der Waals surface area contributed by atoms with Crippen LogP contribution in [-0.2, 0) is 6.54 Å². The van der Waals surface area contributed by atoms with Gasteiger partial charge in [0.15, 0.2) is 0 Å². The number of hydrogen-bond donors (Lipinski definition) is 0. The molecule has 0 atom stereocenters. The summed E-state index contributed by atoms with van der Waals surface area (Å²) in [7, 11) is 1.75. The van der Waals surface area contributed by atoms with Gasteiger partial charge in [-0.1, -0.05) is 25.1 Å². The molecule has 0 bridgehead atoms. The predicted molar refractivity (Wildman–Crippen MR) is 75.0 cm³/mol. The van der Waals surface area contributed by atoms with Crippen LogP contribution in [0.25, 0.3) is 0 Å². The SMILES string of the molecule is CCCN1CCN(Cc2ccccc2OC)CC1. The van der Waals surface area contributed by atoms with E-state index in [1.54, 1.807) is 7.11 Å². The normalized spacial score (nSPS) is 17.9. The molecular formula is C15H24N2O. The predicted octanol–water partition coefficient (Wildman–Crippen LogP) is 2.22. The van der Waals surface area contributed by atoms with Gasteiger partial charge in [-0.25, -0.2) is 0 Å². The summed E-state index contributed by atoms with van der Waals surface area (Å²) >= 11 is 0. The van der Waals surface area contributed by atoms with Gasteiger partial charge >= 0.3 is 0 Å². The molecule has 2 rings (SSSR count). The molecule has 0 spiro atoms. The van der Waals surface area contributed by atoms with Crippen molar-refractivity contribution in [2.45, 2.75) is 19.9 Å². The molecule has 1 aliphatic rings. The van der Waals surface area contributed by atoms with Crippen LogP contribution >= 0.6 is 0 Å². The maximum atomic E-state index is 5.41. The Hall–Kier alpha value is -1.06. The Bertz CT molecular complexity index is 359. The summed E-state index contributed by atoms with van der Waals surface area (Å²) in [6.45, 7) is 9.22. The van der Waals surface area contributed by atoms with E-state index in [0.717, 1.165) is 25.4 Å². The molecule has 0 amide bonds. The van der Waals surface area contributed by atoms with Crippen molar-refractivity contribution in [2.24, 2.45) is 0 Å². The van der Waals surface area contributed by atoms with Gasteiger partial charge in [0.2, 0.25) is 0 Å². The highest BCUT2D eigenvalue weighted by Gasteiger charge is 2.17. The minimum absolute atomic E-state index is 1.00. The van der Waals surface area contributed by atoms with Crippen molar-refractivity contribution in [3.63, 3.8) is 0 Å². The minimum atomic E-state index is 1.00. The van der Waals surface area contributed by atoms with E-state index in [2.05, 4.69) is 28.9 Å². The number of para-hydroxylation sites is 1. The summed E-state index contributed by atoms with van der Waals surface area (Å²) in [6, 6.07) is 8.33. The molecule has 1 fully saturated rings. The van der Waals surface area contributed by atoms with Crippen molar-refractivity contribution < 1.29 is 4.74 Å². The molecule has 0 N–H and O–H groups in total. The van der Waals surface area contributed by atoms with Crippen LogP contribution in [0.2, 0.25) is 0 Å². The van der Waals surface area contributed by atoms with Gasteiger partial charge < -0.3 is 9.64 Å². The Morgan fingerprint density at radius 2 is 1.72 bits per heavy atom. The first-order valence-electron chi connectivity index (χ1n) is 6.90. The molecule has 0 aromatic heterocycles. The highest BCUT2D eigenvalue weighted by atomic mass is 16.5. The summed E-state index contributed by atoms with van der Waals surface area (Å²) in [6.07, 6.45) is 1.26. The Labute approximate surface area is 110 Å². The third-order valence-electron chi connectivity index (χ3n) is 3.59. The van der Waals surface area contributed by atoms with Gasteiger partial charge in [-0.2, -0.15) is 0 Å². The number of benzene rings is 1. The smallest absolute Gasteiger partial charge is 0.123 e. The fourth-order valence-electron chi connectivity index (χ4n) is 2.56. The van der Waals surface area contributed by atoms with Crippen molar-refractivity contribution in [1.29, 1.82) is 0 Å². The lowest BCUT2D eigenvalue weighted by Gasteiger charge is -2.34. The van der Waals surface area contributed by atoms with Crippen LogP contribution in [0.1, 0.15) is 18.9 Å². The fraction of sp³-hybridized carbons (Fsp3) is 0.600. The molecular weight excluding hydrogens is 224 g/mol. The minimum Gasteiger partial charge on any atom is -0.496 e. The second kappa shape index (κ2) is 6.76. The van der Waals surface area contributed by atoms with Crippen LogP contribution < -0.4 is 4.74 Å². The molecule has 3 nitrogen and oxygen atoms in total. The molecule has 18 heavy (non-hydrogen) atoms. The second-order valence-electron chi connectivity index (χ2n) is 4.93. The summed E-state index contributed by atoms with van der Waals surface area (Å²) in [4.78, 5) is 5.07. The molecule has 100 valence electrons. The van der Waals surface area contributed by atoms with E-state index in [1.807, 2.05) is 12.1 Å². The van der Waals surface area contributed by atoms with Gasteiger partial charge in [0.05, 0.1) is 7.11 Å². The first kappa shape index (κ1) is 13.4. The summed E-state index contributed by atoms with van der Waals surface area (Å²) < 4.78 is 5.41. The van der Waals surface area contributed by atoms with E-state index < -0.39 is 0 Å². The number of methoxy groups -OCH3 is 1. The quantitative estimate of drug-likeness (QED) is 0.794. The third-order valence-corrected chi connectivity index (χ3v) is 3.59. The van der Waals surface area contributed by atoms with E-state index in [-0.39, 0.29) is 0 Å². The van der Waals surface area contributed by atoms with E-state index >= 15 is 0 Å². The Morgan fingerprint density at radius 1 is 1.06 bits per heavy atom. The Morgan fingerprint density at radius 3 is 2.39 bits per heavy atom. The van der Waals surface area contributed by atoms with Gasteiger partial charge in [-0.05, 0) is 19.0 Å². The van der Waals surface area contributed by atoms with Crippen molar-refractivity contribution >= 4 is 0 Å². The molecule has 0 unspecified atom stereocenters. The van der Waals surface area contributed by atoms with Crippen LogP contribution in [0.5, 0.6) is 5.75 Å². The number of hydrogen-bond acceptors (Lipinski definition) is 3. The van der Waals surface area contributed by atoms with Crippen LogP contribution in [0.3, 0.4) is 0 Å². The first-order valence-corrected chi connectivity index (χ1v) is 6.90. The number of rotatable bonds is 5. The standard InChI is InChI=1S/C15H24N2O/c1-3-8-16-9-11-17(12-10-16)13-14-6-4-5-7-15(14)18-2/h4-7H,3,8-13H2,1-2H3. The second-order valence-corrected chi connectivity index (χ2v) is 4.93. The number of nitrogens with zero attached hydrogens (tertiary/aromatic N) is 2. The van der Waals surface area contributed by atoms with Gasteiger partial charge in [-0.3, -0.25) is 4.90 Å². The van der Waals surface area contributed by atoms with Crippen LogP contribution in [0.4, 0.5) is 0 Å². The molecule has 1 heterocycles. The van der Waals surface area contributed by atoms with Crippen LogP contribution in [0, 0.1) is 0 Å². The van der Waals surface area contributed by atoms with Gasteiger partial charge in [-0.15, -0.1) is 0 Å². The molecule has 3 heteroatoms. The first-order chi connectivity index (χ1) is 8.83.